The van der Waals surface area contributed by atoms with Crippen LogP contribution in [0.25, 0.3) is 5.57 Å². The smallest absolute Gasteiger partial charge is 0.128 e. The topological polar surface area (TPSA) is 29.1 Å². The molecule has 0 spiro atoms. The highest BCUT2D eigenvalue weighted by Gasteiger charge is 2.01. The van der Waals surface area contributed by atoms with Gasteiger partial charge in [-0.3, -0.25) is 0 Å². The Kier molecular flexibility index (Phi) is 6.72. The average Bonchev–Trinajstić information content (AvgIpc) is 2.21. The van der Waals surface area contributed by atoms with Crippen LogP contribution in [0, 0.1) is 6.92 Å². The van der Waals surface area contributed by atoms with E-state index in [1.165, 1.54) is 5.56 Å². The van der Waals surface area contributed by atoms with E-state index in [1.54, 1.807) is 0 Å². The molecular formula is C12H16ClNO. The van der Waals surface area contributed by atoms with Gasteiger partial charge in [-0.15, -0.1) is 12.4 Å². The van der Waals surface area contributed by atoms with Crippen molar-refractivity contribution in [3.8, 4) is 0 Å². The molecule has 1 rings (SSSR count). The molecule has 0 amide bonds. The summed E-state index contributed by atoms with van der Waals surface area (Å²) >= 11 is 0. The molecule has 3 heteroatoms. The highest BCUT2D eigenvalue weighted by molar-refractivity contribution is 5.87. The molecule has 0 aliphatic heterocycles. The Hall–Kier alpha value is -1.08. The van der Waals surface area contributed by atoms with Crippen molar-refractivity contribution in [2.75, 3.05) is 13.6 Å². The highest BCUT2D eigenvalue weighted by atomic mass is 35.5. The summed E-state index contributed by atoms with van der Waals surface area (Å²) in [6, 6.07) is 7.94. The molecule has 15 heavy (non-hydrogen) atoms. The minimum atomic E-state index is 0. The number of carbonyl (C=O) groups excluding carboxylic acids is 1. The Bertz CT molecular complexity index is 339. The average molecular weight is 226 g/mol. The zero-order chi connectivity index (χ0) is 10.4. The van der Waals surface area contributed by atoms with Crippen LogP contribution in [0.4, 0.5) is 0 Å². The Balaban J connectivity index is 0.00000196. The van der Waals surface area contributed by atoms with Crippen LogP contribution in [0.3, 0.4) is 0 Å². The molecule has 0 radical (unpaired) electrons. The van der Waals surface area contributed by atoms with Crippen molar-refractivity contribution >= 4 is 23.9 Å². The number of nitrogens with one attached hydrogen (secondary N) is 1. The van der Waals surface area contributed by atoms with Crippen molar-refractivity contribution in [1.29, 1.82) is 0 Å². The minimum absolute atomic E-state index is 0. The van der Waals surface area contributed by atoms with Crippen LogP contribution in [0.5, 0.6) is 0 Å². The molecule has 1 aromatic rings. The quantitative estimate of drug-likeness (QED) is 0.797. The lowest BCUT2D eigenvalue weighted by molar-refractivity contribution is 0.569. The molecular weight excluding hydrogens is 210 g/mol. The molecule has 0 heterocycles. The van der Waals surface area contributed by atoms with Gasteiger partial charge in [0.05, 0.1) is 0 Å². The van der Waals surface area contributed by atoms with Crippen LogP contribution in [-0.4, -0.2) is 19.5 Å². The lowest BCUT2D eigenvalue weighted by atomic mass is 10.0. The molecule has 1 N–H and O–H groups in total. The van der Waals surface area contributed by atoms with Crippen LogP contribution in [0.15, 0.2) is 24.3 Å². The van der Waals surface area contributed by atoms with Crippen molar-refractivity contribution in [2.45, 2.75) is 13.3 Å². The fraction of sp³-hybridized carbons (Fsp3) is 0.333. The van der Waals surface area contributed by atoms with Crippen LogP contribution in [0.2, 0.25) is 0 Å². The Morgan fingerprint density at radius 1 is 1.33 bits per heavy atom. The fourth-order valence-electron chi connectivity index (χ4n) is 1.26. The van der Waals surface area contributed by atoms with Gasteiger partial charge in [0.15, 0.2) is 0 Å². The SMILES string of the molecule is CNCCC(=C=O)c1ccc(C)cc1.Cl. The van der Waals surface area contributed by atoms with E-state index in [0.29, 0.717) is 0 Å². The van der Waals surface area contributed by atoms with Gasteiger partial charge in [0.1, 0.15) is 5.94 Å². The number of halogens is 1. The molecule has 0 saturated carbocycles. The van der Waals surface area contributed by atoms with Gasteiger partial charge < -0.3 is 5.32 Å². The van der Waals surface area contributed by atoms with E-state index in [9.17, 15) is 4.79 Å². The van der Waals surface area contributed by atoms with Gasteiger partial charge in [-0.2, -0.15) is 0 Å². The summed E-state index contributed by atoms with van der Waals surface area (Å²) in [5.41, 5.74) is 2.91. The standard InChI is InChI=1S/C12H15NO.ClH/c1-10-3-5-11(6-4-10)12(9-14)7-8-13-2;/h3-6,13H,7-8H2,1-2H3;1H. The largest absolute Gasteiger partial charge is 0.319 e. The monoisotopic (exact) mass is 225 g/mol. The fourth-order valence-corrected chi connectivity index (χ4v) is 1.26. The molecule has 0 aliphatic rings. The van der Waals surface area contributed by atoms with E-state index in [0.717, 1.165) is 24.1 Å². The summed E-state index contributed by atoms with van der Waals surface area (Å²) in [6.45, 7) is 2.83. The van der Waals surface area contributed by atoms with Crippen molar-refractivity contribution in [1.82, 2.24) is 5.32 Å². The third-order valence-electron chi connectivity index (χ3n) is 2.15. The lowest BCUT2D eigenvalue weighted by Gasteiger charge is -2.03. The first-order valence-corrected chi connectivity index (χ1v) is 4.73. The first-order chi connectivity index (χ1) is 6.77. The maximum atomic E-state index is 10.7. The summed E-state index contributed by atoms with van der Waals surface area (Å²) in [7, 11) is 1.87. The zero-order valence-electron chi connectivity index (χ0n) is 9.04. The highest BCUT2D eigenvalue weighted by Crippen LogP contribution is 2.15. The zero-order valence-corrected chi connectivity index (χ0v) is 9.86. The van der Waals surface area contributed by atoms with Crippen LogP contribution >= 0.6 is 12.4 Å². The van der Waals surface area contributed by atoms with Gasteiger partial charge in [0.25, 0.3) is 0 Å². The van der Waals surface area contributed by atoms with E-state index in [-0.39, 0.29) is 12.4 Å². The molecule has 2 nitrogen and oxygen atoms in total. The molecule has 0 fully saturated rings. The third-order valence-corrected chi connectivity index (χ3v) is 2.15. The Morgan fingerprint density at radius 2 is 1.93 bits per heavy atom. The van der Waals surface area contributed by atoms with Crippen molar-refractivity contribution in [3.05, 3.63) is 35.4 Å². The van der Waals surface area contributed by atoms with Gasteiger partial charge in [0, 0.05) is 5.57 Å². The molecule has 0 saturated heterocycles. The summed E-state index contributed by atoms with van der Waals surface area (Å²) in [4.78, 5) is 10.7. The second-order valence-corrected chi connectivity index (χ2v) is 3.30. The second kappa shape index (κ2) is 7.24. The van der Waals surface area contributed by atoms with Gasteiger partial charge in [-0.05, 0) is 32.5 Å². The predicted octanol–water partition coefficient (Wildman–Crippen LogP) is 2.24. The van der Waals surface area contributed by atoms with E-state index in [1.807, 2.05) is 44.2 Å². The minimum Gasteiger partial charge on any atom is -0.319 e. The molecule has 1 aromatic carbocycles. The number of benzene rings is 1. The Morgan fingerprint density at radius 3 is 2.40 bits per heavy atom. The number of hydrogen-bond acceptors (Lipinski definition) is 2. The van der Waals surface area contributed by atoms with Gasteiger partial charge >= 0.3 is 0 Å². The van der Waals surface area contributed by atoms with Crippen molar-refractivity contribution in [2.24, 2.45) is 0 Å². The lowest BCUT2D eigenvalue weighted by Crippen LogP contribution is -2.08. The van der Waals surface area contributed by atoms with Crippen LogP contribution in [0.1, 0.15) is 17.5 Å². The van der Waals surface area contributed by atoms with Crippen LogP contribution < -0.4 is 5.32 Å². The second-order valence-electron chi connectivity index (χ2n) is 3.30. The first kappa shape index (κ1) is 13.9. The first-order valence-electron chi connectivity index (χ1n) is 4.73. The summed E-state index contributed by atoms with van der Waals surface area (Å²) in [6.07, 6.45) is 0.725. The molecule has 0 aromatic heterocycles. The van der Waals surface area contributed by atoms with Crippen molar-refractivity contribution in [3.63, 3.8) is 0 Å². The van der Waals surface area contributed by atoms with Crippen molar-refractivity contribution < 1.29 is 4.79 Å². The van der Waals surface area contributed by atoms with E-state index in [2.05, 4.69) is 5.32 Å². The maximum Gasteiger partial charge on any atom is 0.128 e. The molecule has 0 aliphatic carbocycles. The normalized spacial score (nSPS) is 8.93. The predicted molar refractivity (Wildman–Crippen MR) is 66.1 cm³/mol. The molecule has 0 atom stereocenters. The summed E-state index contributed by atoms with van der Waals surface area (Å²) in [5.74, 6) is 2.00. The summed E-state index contributed by atoms with van der Waals surface area (Å²) < 4.78 is 0. The van der Waals surface area contributed by atoms with Gasteiger partial charge in [0.2, 0.25) is 0 Å². The Labute approximate surface area is 96.8 Å². The third kappa shape index (κ3) is 4.30. The maximum absolute atomic E-state index is 10.7. The van der Waals surface area contributed by atoms with Gasteiger partial charge in [-0.1, -0.05) is 29.8 Å². The number of rotatable bonds is 4. The number of aryl methyl sites for hydroxylation is 1. The van der Waals surface area contributed by atoms with E-state index in [4.69, 9.17) is 0 Å². The molecule has 82 valence electrons. The molecule has 0 unspecified atom stereocenters. The van der Waals surface area contributed by atoms with E-state index >= 15 is 0 Å². The summed E-state index contributed by atoms with van der Waals surface area (Å²) in [5, 5.41) is 3.01. The van der Waals surface area contributed by atoms with Gasteiger partial charge in [-0.25, -0.2) is 4.79 Å². The van der Waals surface area contributed by atoms with Crippen LogP contribution in [-0.2, 0) is 4.79 Å². The molecule has 0 bridgehead atoms. The van der Waals surface area contributed by atoms with E-state index < -0.39 is 0 Å². The number of hydrogen-bond donors (Lipinski definition) is 1.